The number of hydrogen-bond donors (Lipinski definition) is 2. The zero-order valence-corrected chi connectivity index (χ0v) is 11.8. The van der Waals surface area contributed by atoms with Crippen molar-refractivity contribution < 1.29 is 14.3 Å². The van der Waals surface area contributed by atoms with Crippen LogP contribution in [0, 0.1) is 13.8 Å². The van der Waals surface area contributed by atoms with Crippen LogP contribution in [0.3, 0.4) is 0 Å². The fourth-order valence-electron chi connectivity index (χ4n) is 1.47. The first-order chi connectivity index (χ1) is 9.13. The lowest BCUT2D eigenvalue weighted by atomic mass is 10.1. The Balaban J connectivity index is 2.16. The molecule has 0 saturated carbocycles. The van der Waals surface area contributed by atoms with Gasteiger partial charge in [0, 0.05) is 13.7 Å². The average molecular weight is 266 g/mol. The van der Waals surface area contributed by atoms with Crippen molar-refractivity contribution in [2.75, 3.05) is 33.4 Å². The van der Waals surface area contributed by atoms with E-state index in [2.05, 4.69) is 17.6 Å². The van der Waals surface area contributed by atoms with Gasteiger partial charge < -0.3 is 20.1 Å². The molecule has 0 fully saturated rings. The Bertz CT molecular complexity index is 408. The minimum absolute atomic E-state index is 0.208. The Hall–Kier alpha value is -1.75. The predicted octanol–water partition coefficient (Wildman–Crippen LogP) is 1.63. The van der Waals surface area contributed by atoms with Crippen molar-refractivity contribution in [1.82, 2.24) is 10.6 Å². The standard InChI is InChI=1S/C14H22N2O3/c1-11-4-5-13(10-12(11)2)19-9-7-16-14(17)15-6-8-18-3/h4-5,10H,6-9H2,1-3H3,(H2,15,16,17). The summed E-state index contributed by atoms with van der Waals surface area (Å²) in [5.41, 5.74) is 2.44. The molecule has 19 heavy (non-hydrogen) atoms. The van der Waals surface area contributed by atoms with Crippen LogP contribution in [0.4, 0.5) is 4.79 Å². The van der Waals surface area contributed by atoms with Gasteiger partial charge in [-0.2, -0.15) is 0 Å². The minimum atomic E-state index is -0.208. The third-order valence-electron chi connectivity index (χ3n) is 2.73. The van der Waals surface area contributed by atoms with Crippen molar-refractivity contribution in [3.63, 3.8) is 0 Å². The molecular formula is C14H22N2O3. The van der Waals surface area contributed by atoms with Gasteiger partial charge in [0.15, 0.2) is 0 Å². The topological polar surface area (TPSA) is 59.6 Å². The van der Waals surface area contributed by atoms with E-state index in [0.717, 1.165) is 5.75 Å². The van der Waals surface area contributed by atoms with Gasteiger partial charge in [0.25, 0.3) is 0 Å². The van der Waals surface area contributed by atoms with Crippen LogP contribution in [0.1, 0.15) is 11.1 Å². The van der Waals surface area contributed by atoms with Gasteiger partial charge in [-0.25, -0.2) is 4.79 Å². The number of amides is 2. The molecule has 106 valence electrons. The molecule has 0 unspecified atom stereocenters. The van der Waals surface area contributed by atoms with E-state index < -0.39 is 0 Å². The first kappa shape index (κ1) is 15.3. The Morgan fingerprint density at radius 1 is 1.11 bits per heavy atom. The zero-order valence-electron chi connectivity index (χ0n) is 11.8. The van der Waals surface area contributed by atoms with Crippen LogP contribution in [0.15, 0.2) is 18.2 Å². The molecule has 5 nitrogen and oxygen atoms in total. The number of hydrogen-bond acceptors (Lipinski definition) is 3. The monoisotopic (exact) mass is 266 g/mol. The predicted molar refractivity (Wildman–Crippen MR) is 74.7 cm³/mol. The summed E-state index contributed by atoms with van der Waals surface area (Å²) in [4.78, 5) is 11.3. The molecule has 0 radical (unpaired) electrons. The number of rotatable bonds is 7. The lowest BCUT2D eigenvalue weighted by molar-refractivity contribution is 0.195. The van der Waals surface area contributed by atoms with Gasteiger partial charge in [0.1, 0.15) is 12.4 Å². The number of carbonyl (C=O) groups is 1. The number of carbonyl (C=O) groups excluding carboxylic acids is 1. The summed E-state index contributed by atoms with van der Waals surface area (Å²) in [5.74, 6) is 0.824. The summed E-state index contributed by atoms with van der Waals surface area (Å²) in [6, 6.07) is 5.74. The average Bonchev–Trinajstić information content (AvgIpc) is 2.39. The molecule has 0 spiro atoms. The molecule has 1 rings (SSSR count). The molecule has 1 aromatic carbocycles. The highest BCUT2D eigenvalue weighted by molar-refractivity contribution is 5.73. The van der Waals surface area contributed by atoms with Crippen molar-refractivity contribution in [1.29, 1.82) is 0 Å². The number of methoxy groups -OCH3 is 1. The Morgan fingerprint density at radius 3 is 2.42 bits per heavy atom. The van der Waals surface area contributed by atoms with E-state index in [4.69, 9.17) is 9.47 Å². The van der Waals surface area contributed by atoms with Gasteiger partial charge >= 0.3 is 6.03 Å². The SMILES string of the molecule is COCCNC(=O)NCCOc1ccc(C)c(C)c1. The van der Waals surface area contributed by atoms with E-state index in [0.29, 0.717) is 26.3 Å². The maximum absolute atomic E-state index is 11.3. The molecule has 2 amide bonds. The summed E-state index contributed by atoms with van der Waals surface area (Å²) < 4.78 is 10.4. The third-order valence-corrected chi connectivity index (χ3v) is 2.73. The summed E-state index contributed by atoms with van der Waals surface area (Å²) >= 11 is 0. The first-order valence-electron chi connectivity index (χ1n) is 6.34. The van der Waals surface area contributed by atoms with Gasteiger partial charge in [0.2, 0.25) is 0 Å². The normalized spacial score (nSPS) is 10.1. The highest BCUT2D eigenvalue weighted by Crippen LogP contribution is 2.15. The maximum Gasteiger partial charge on any atom is 0.314 e. The zero-order chi connectivity index (χ0) is 14.1. The quantitative estimate of drug-likeness (QED) is 0.737. The molecule has 0 aromatic heterocycles. The molecule has 0 aliphatic carbocycles. The molecule has 0 heterocycles. The molecule has 0 bridgehead atoms. The van der Waals surface area contributed by atoms with Gasteiger partial charge in [-0.05, 0) is 37.1 Å². The fraction of sp³-hybridized carbons (Fsp3) is 0.500. The van der Waals surface area contributed by atoms with Gasteiger partial charge in [-0.15, -0.1) is 0 Å². The van der Waals surface area contributed by atoms with Crippen molar-refractivity contribution in [2.45, 2.75) is 13.8 Å². The second-order valence-corrected chi connectivity index (χ2v) is 4.27. The fourth-order valence-corrected chi connectivity index (χ4v) is 1.47. The first-order valence-corrected chi connectivity index (χ1v) is 6.34. The minimum Gasteiger partial charge on any atom is -0.492 e. The Kier molecular flexibility index (Phi) is 6.74. The molecular weight excluding hydrogens is 244 g/mol. The van der Waals surface area contributed by atoms with E-state index in [1.165, 1.54) is 11.1 Å². The number of nitrogens with one attached hydrogen (secondary N) is 2. The third kappa shape index (κ3) is 6.10. The molecule has 1 aromatic rings. The van der Waals surface area contributed by atoms with Crippen LogP contribution >= 0.6 is 0 Å². The summed E-state index contributed by atoms with van der Waals surface area (Å²) in [7, 11) is 1.59. The highest BCUT2D eigenvalue weighted by atomic mass is 16.5. The summed E-state index contributed by atoms with van der Waals surface area (Å²) in [6.45, 7) is 6.02. The van der Waals surface area contributed by atoms with Crippen LogP contribution in [0.25, 0.3) is 0 Å². The highest BCUT2D eigenvalue weighted by Gasteiger charge is 2.00. The van der Waals surface area contributed by atoms with Gasteiger partial charge in [0.05, 0.1) is 13.2 Å². The van der Waals surface area contributed by atoms with Crippen LogP contribution in [0.2, 0.25) is 0 Å². The second-order valence-electron chi connectivity index (χ2n) is 4.27. The van der Waals surface area contributed by atoms with Gasteiger partial charge in [-0.3, -0.25) is 0 Å². The van der Waals surface area contributed by atoms with Crippen LogP contribution in [0.5, 0.6) is 5.75 Å². The summed E-state index contributed by atoms with van der Waals surface area (Å²) in [5, 5.41) is 5.38. The van der Waals surface area contributed by atoms with Crippen molar-refractivity contribution >= 4 is 6.03 Å². The smallest absolute Gasteiger partial charge is 0.314 e. The molecule has 0 atom stereocenters. The Morgan fingerprint density at radius 2 is 1.79 bits per heavy atom. The number of benzene rings is 1. The molecule has 0 aliphatic heterocycles. The lowest BCUT2D eigenvalue weighted by Gasteiger charge is -2.10. The van der Waals surface area contributed by atoms with Crippen molar-refractivity contribution in [2.24, 2.45) is 0 Å². The van der Waals surface area contributed by atoms with Crippen LogP contribution < -0.4 is 15.4 Å². The number of ether oxygens (including phenoxy) is 2. The molecule has 0 saturated heterocycles. The molecule has 5 heteroatoms. The largest absolute Gasteiger partial charge is 0.492 e. The van der Waals surface area contributed by atoms with Crippen LogP contribution in [-0.4, -0.2) is 39.4 Å². The summed E-state index contributed by atoms with van der Waals surface area (Å²) in [6.07, 6.45) is 0. The molecule has 2 N–H and O–H groups in total. The lowest BCUT2D eigenvalue weighted by Crippen LogP contribution is -2.39. The second kappa shape index (κ2) is 8.37. The van der Waals surface area contributed by atoms with E-state index in [1.54, 1.807) is 7.11 Å². The number of aryl methyl sites for hydroxylation is 2. The Labute approximate surface area is 114 Å². The van der Waals surface area contributed by atoms with E-state index >= 15 is 0 Å². The van der Waals surface area contributed by atoms with Gasteiger partial charge in [-0.1, -0.05) is 6.07 Å². The van der Waals surface area contributed by atoms with E-state index in [-0.39, 0.29) is 6.03 Å². The van der Waals surface area contributed by atoms with Crippen molar-refractivity contribution in [3.05, 3.63) is 29.3 Å². The van der Waals surface area contributed by atoms with E-state index in [1.807, 2.05) is 25.1 Å². The van der Waals surface area contributed by atoms with Crippen LogP contribution in [-0.2, 0) is 4.74 Å². The number of urea groups is 1. The van der Waals surface area contributed by atoms with E-state index in [9.17, 15) is 4.79 Å². The van der Waals surface area contributed by atoms with Crippen molar-refractivity contribution in [3.8, 4) is 5.75 Å². The molecule has 0 aliphatic rings. The maximum atomic E-state index is 11.3.